The lowest BCUT2D eigenvalue weighted by Crippen LogP contribution is -2.21. The largest absolute Gasteiger partial charge is 0.454 e. The van der Waals surface area contributed by atoms with Gasteiger partial charge in [-0.3, -0.25) is 14.2 Å². The number of aryl methyl sites for hydroxylation is 1. The van der Waals surface area contributed by atoms with Crippen LogP contribution in [0, 0.1) is 0 Å². The van der Waals surface area contributed by atoms with Crippen molar-refractivity contribution in [3.05, 3.63) is 76.0 Å². The minimum absolute atomic E-state index is 0.0949. The molecule has 0 N–H and O–H groups in total. The number of Topliss-reactive ketones (excluding diaryl/α,β-unsaturated/α-hetero) is 1. The Bertz CT molecular complexity index is 1320. The molecule has 1 aliphatic rings. The highest BCUT2D eigenvalue weighted by Crippen LogP contribution is 2.20. The number of hydrogen-bond acceptors (Lipinski definition) is 6. The highest BCUT2D eigenvalue weighted by atomic mass is 16.5. The molecule has 7 nitrogen and oxygen atoms in total. The molecule has 7 heteroatoms. The second-order valence-electron chi connectivity index (χ2n) is 6.97. The first-order valence-electron chi connectivity index (χ1n) is 9.32. The maximum Gasteiger partial charge on any atom is 0.338 e. The smallest absolute Gasteiger partial charge is 0.338 e. The Morgan fingerprint density at radius 3 is 2.86 bits per heavy atom. The van der Waals surface area contributed by atoms with E-state index < -0.39 is 18.4 Å². The van der Waals surface area contributed by atoms with Gasteiger partial charge in [0.2, 0.25) is 5.78 Å². The number of furan rings is 1. The van der Waals surface area contributed by atoms with Crippen LogP contribution >= 0.6 is 0 Å². The molecule has 4 aromatic rings. The van der Waals surface area contributed by atoms with Gasteiger partial charge in [-0.1, -0.05) is 18.2 Å². The topological polar surface area (TPSA) is 91.4 Å². The quantitative estimate of drug-likeness (QED) is 0.394. The Balaban J connectivity index is 1.35. The first kappa shape index (κ1) is 17.4. The lowest BCUT2D eigenvalue weighted by Gasteiger charge is -2.07. The molecular formula is C22H16N2O5. The Morgan fingerprint density at radius 1 is 1.14 bits per heavy atom. The fourth-order valence-corrected chi connectivity index (χ4v) is 3.62. The summed E-state index contributed by atoms with van der Waals surface area (Å²) in [5, 5.41) is 1.27. The van der Waals surface area contributed by atoms with Gasteiger partial charge in [0.05, 0.1) is 16.5 Å². The predicted octanol–water partition coefficient (Wildman–Crippen LogP) is 3.13. The van der Waals surface area contributed by atoms with Crippen molar-refractivity contribution in [2.24, 2.45) is 0 Å². The highest BCUT2D eigenvalue weighted by Gasteiger charge is 2.19. The Kier molecular flexibility index (Phi) is 4.01. The molecule has 1 aliphatic heterocycles. The van der Waals surface area contributed by atoms with Crippen LogP contribution in [0.15, 0.2) is 57.7 Å². The molecule has 0 spiro atoms. The first-order valence-corrected chi connectivity index (χ1v) is 9.32. The zero-order valence-corrected chi connectivity index (χ0v) is 15.4. The van der Waals surface area contributed by atoms with E-state index in [1.807, 2.05) is 18.2 Å². The average Bonchev–Trinajstić information content (AvgIpc) is 3.38. The van der Waals surface area contributed by atoms with Crippen molar-refractivity contribution in [1.29, 1.82) is 0 Å². The molecule has 0 saturated carbocycles. The Hall–Kier alpha value is -3.74. The number of esters is 1. The molecule has 144 valence electrons. The van der Waals surface area contributed by atoms with E-state index in [0.717, 1.165) is 24.1 Å². The lowest BCUT2D eigenvalue weighted by atomic mass is 10.1. The minimum atomic E-state index is -0.654. The van der Waals surface area contributed by atoms with Crippen molar-refractivity contribution in [1.82, 2.24) is 9.55 Å². The van der Waals surface area contributed by atoms with Crippen LogP contribution in [0.4, 0.5) is 0 Å². The van der Waals surface area contributed by atoms with Crippen LogP contribution in [0.2, 0.25) is 0 Å². The maximum atomic E-state index is 12.5. The molecule has 0 aliphatic carbocycles. The van der Waals surface area contributed by atoms with Crippen molar-refractivity contribution in [3.8, 4) is 0 Å². The van der Waals surface area contributed by atoms with Crippen LogP contribution in [0.1, 0.15) is 33.2 Å². The standard InChI is InChI=1S/C22H16N2O5/c25-17(19-11-13-4-1-2-5-18(13)29-19)12-28-22(27)14-7-8-15-16(10-14)23-20-6-3-9-24(20)21(15)26/h1-2,4-5,7-8,10-11H,3,6,9,12H2. The molecule has 0 saturated heterocycles. The zero-order chi connectivity index (χ0) is 20.0. The number of ketones is 1. The number of aromatic nitrogens is 2. The van der Waals surface area contributed by atoms with E-state index in [2.05, 4.69) is 4.98 Å². The number of ether oxygens (including phenoxy) is 1. The third-order valence-electron chi connectivity index (χ3n) is 5.09. The van der Waals surface area contributed by atoms with Crippen molar-refractivity contribution in [2.75, 3.05) is 6.61 Å². The molecule has 3 heterocycles. The van der Waals surface area contributed by atoms with Gasteiger partial charge >= 0.3 is 5.97 Å². The van der Waals surface area contributed by atoms with Crippen molar-refractivity contribution in [2.45, 2.75) is 19.4 Å². The van der Waals surface area contributed by atoms with Crippen LogP contribution in [0.25, 0.3) is 21.9 Å². The van der Waals surface area contributed by atoms with E-state index in [0.29, 0.717) is 23.0 Å². The number of carbonyl (C=O) groups excluding carboxylic acids is 2. The average molecular weight is 388 g/mol. The second-order valence-corrected chi connectivity index (χ2v) is 6.97. The van der Waals surface area contributed by atoms with Gasteiger partial charge in [0.15, 0.2) is 12.4 Å². The van der Waals surface area contributed by atoms with Crippen LogP contribution in [0.5, 0.6) is 0 Å². The summed E-state index contributed by atoms with van der Waals surface area (Å²) in [4.78, 5) is 41.7. The summed E-state index contributed by atoms with van der Waals surface area (Å²) in [6.45, 7) is 0.238. The van der Waals surface area contributed by atoms with Crippen LogP contribution in [-0.2, 0) is 17.7 Å². The molecular weight excluding hydrogens is 372 g/mol. The molecule has 5 rings (SSSR count). The van der Waals surface area contributed by atoms with Crippen LogP contribution < -0.4 is 5.56 Å². The van der Waals surface area contributed by atoms with Crippen molar-refractivity contribution in [3.63, 3.8) is 0 Å². The number of fused-ring (bicyclic) bond motifs is 3. The summed E-state index contributed by atoms with van der Waals surface area (Å²) in [6.07, 6.45) is 1.63. The predicted molar refractivity (Wildman–Crippen MR) is 105 cm³/mol. The van der Waals surface area contributed by atoms with E-state index in [9.17, 15) is 14.4 Å². The number of benzene rings is 2. The third-order valence-corrected chi connectivity index (χ3v) is 5.09. The normalized spacial score (nSPS) is 13.0. The maximum absolute atomic E-state index is 12.5. The van der Waals surface area contributed by atoms with E-state index in [1.54, 1.807) is 22.8 Å². The monoisotopic (exact) mass is 388 g/mol. The molecule has 0 bridgehead atoms. The SMILES string of the molecule is O=C(OCC(=O)c1cc2ccccc2o1)c1ccc2c(=O)n3c(nc2c1)CCC3. The minimum Gasteiger partial charge on any atom is -0.454 e. The lowest BCUT2D eigenvalue weighted by molar-refractivity contribution is 0.0468. The Labute approximate surface area is 164 Å². The molecule has 29 heavy (non-hydrogen) atoms. The molecule has 0 fully saturated rings. The van der Waals surface area contributed by atoms with Gasteiger partial charge in [-0.25, -0.2) is 9.78 Å². The van der Waals surface area contributed by atoms with E-state index >= 15 is 0 Å². The van der Waals surface area contributed by atoms with Gasteiger partial charge in [0.1, 0.15) is 11.4 Å². The van der Waals surface area contributed by atoms with Gasteiger partial charge in [0, 0.05) is 18.4 Å². The molecule has 2 aromatic carbocycles. The summed E-state index contributed by atoms with van der Waals surface area (Å²) in [6, 6.07) is 13.5. The fraction of sp³-hybridized carbons (Fsp3) is 0.182. The number of rotatable bonds is 4. The van der Waals surface area contributed by atoms with Crippen LogP contribution in [0.3, 0.4) is 0 Å². The van der Waals surface area contributed by atoms with Crippen molar-refractivity contribution < 1.29 is 18.7 Å². The highest BCUT2D eigenvalue weighted by molar-refractivity contribution is 6.00. The van der Waals surface area contributed by atoms with Gasteiger partial charge in [-0.2, -0.15) is 0 Å². The van der Waals surface area contributed by atoms with E-state index in [4.69, 9.17) is 9.15 Å². The molecule has 0 unspecified atom stereocenters. The van der Waals surface area contributed by atoms with Gasteiger partial charge in [-0.15, -0.1) is 0 Å². The summed E-state index contributed by atoms with van der Waals surface area (Å²) in [7, 11) is 0. The number of hydrogen-bond donors (Lipinski definition) is 0. The molecule has 0 radical (unpaired) electrons. The van der Waals surface area contributed by atoms with E-state index in [1.165, 1.54) is 12.1 Å². The van der Waals surface area contributed by atoms with Gasteiger partial charge in [0.25, 0.3) is 5.56 Å². The van der Waals surface area contributed by atoms with E-state index in [-0.39, 0.29) is 16.9 Å². The first-order chi connectivity index (χ1) is 14.1. The zero-order valence-electron chi connectivity index (χ0n) is 15.4. The van der Waals surface area contributed by atoms with Crippen LogP contribution in [-0.4, -0.2) is 27.9 Å². The number of para-hydroxylation sites is 1. The summed E-state index contributed by atoms with van der Waals surface area (Å²) in [5.74, 6) is -0.209. The Morgan fingerprint density at radius 2 is 2.00 bits per heavy atom. The molecule has 0 amide bonds. The third kappa shape index (κ3) is 3.00. The van der Waals surface area contributed by atoms with Gasteiger partial charge < -0.3 is 9.15 Å². The summed E-state index contributed by atoms with van der Waals surface area (Å²) < 4.78 is 12.3. The summed E-state index contributed by atoms with van der Waals surface area (Å²) in [5.41, 5.74) is 1.20. The molecule has 2 aromatic heterocycles. The number of nitrogens with zero attached hydrogens (tertiary/aromatic N) is 2. The second kappa shape index (κ2) is 6.70. The summed E-state index contributed by atoms with van der Waals surface area (Å²) >= 11 is 0. The molecule has 0 atom stereocenters. The van der Waals surface area contributed by atoms with Crippen molar-refractivity contribution >= 4 is 33.6 Å². The number of carbonyl (C=O) groups is 2. The fourth-order valence-electron chi connectivity index (χ4n) is 3.62. The van der Waals surface area contributed by atoms with Gasteiger partial charge in [-0.05, 0) is 36.8 Å².